The van der Waals surface area contributed by atoms with Gasteiger partial charge in [-0.25, -0.2) is 4.39 Å². The number of carbonyl (C=O) groups excluding carboxylic acids is 2. The number of pyridine rings is 1. The van der Waals surface area contributed by atoms with Crippen LogP contribution in [0.4, 0.5) is 4.39 Å². The van der Waals surface area contributed by atoms with E-state index < -0.39 is 5.82 Å². The van der Waals surface area contributed by atoms with E-state index in [2.05, 4.69) is 4.98 Å². The normalized spacial score (nSPS) is 22.4. The zero-order valence-electron chi connectivity index (χ0n) is 10.8. The first-order valence-electron chi connectivity index (χ1n) is 6.00. The lowest BCUT2D eigenvalue weighted by molar-refractivity contribution is -0.146. The minimum atomic E-state index is -0.553. The Morgan fingerprint density at radius 3 is 2.79 bits per heavy atom. The average Bonchev–Trinajstić information content (AvgIpc) is 2.79. The molecule has 0 radical (unpaired) electrons. The van der Waals surface area contributed by atoms with Crippen molar-refractivity contribution in [2.45, 2.75) is 6.92 Å². The largest absolute Gasteiger partial charge is 0.469 e. The third kappa shape index (κ3) is 2.72. The molecule has 2 unspecified atom stereocenters. The zero-order chi connectivity index (χ0) is 14.0. The number of hydrogen-bond donors (Lipinski definition) is 0. The van der Waals surface area contributed by atoms with Crippen LogP contribution in [-0.2, 0) is 9.53 Å². The summed E-state index contributed by atoms with van der Waals surface area (Å²) in [6.45, 7) is 2.64. The van der Waals surface area contributed by atoms with E-state index in [1.54, 1.807) is 0 Å². The van der Waals surface area contributed by atoms with Gasteiger partial charge in [-0.15, -0.1) is 0 Å². The molecule has 2 heterocycles. The van der Waals surface area contributed by atoms with E-state index >= 15 is 0 Å². The van der Waals surface area contributed by atoms with Gasteiger partial charge in [-0.1, -0.05) is 6.92 Å². The van der Waals surface area contributed by atoms with Crippen molar-refractivity contribution in [2.24, 2.45) is 11.8 Å². The summed E-state index contributed by atoms with van der Waals surface area (Å²) in [7, 11) is 1.33. The second-order valence-corrected chi connectivity index (χ2v) is 4.71. The van der Waals surface area contributed by atoms with Crippen LogP contribution in [0, 0.1) is 17.7 Å². The van der Waals surface area contributed by atoms with E-state index in [-0.39, 0.29) is 29.3 Å². The molecule has 1 aliphatic rings. The van der Waals surface area contributed by atoms with Gasteiger partial charge >= 0.3 is 5.97 Å². The maximum atomic E-state index is 13.0. The van der Waals surface area contributed by atoms with Crippen LogP contribution in [0.2, 0.25) is 0 Å². The molecule has 1 aromatic heterocycles. The topological polar surface area (TPSA) is 59.5 Å². The molecule has 0 aromatic carbocycles. The molecule has 1 saturated heterocycles. The van der Waals surface area contributed by atoms with Crippen molar-refractivity contribution < 1.29 is 18.7 Å². The van der Waals surface area contributed by atoms with Crippen LogP contribution in [0.5, 0.6) is 0 Å². The number of nitrogens with zero attached hydrogens (tertiary/aromatic N) is 2. The van der Waals surface area contributed by atoms with Gasteiger partial charge in [-0.3, -0.25) is 14.6 Å². The fourth-order valence-electron chi connectivity index (χ4n) is 2.30. The molecule has 1 fully saturated rings. The van der Waals surface area contributed by atoms with E-state index in [1.165, 1.54) is 18.2 Å². The fraction of sp³-hybridized carbons (Fsp3) is 0.462. The number of carbonyl (C=O) groups is 2. The van der Waals surface area contributed by atoms with Gasteiger partial charge in [0.1, 0.15) is 5.82 Å². The Morgan fingerprint density at radius 1 is 1.42 bits per heavy atom. The number of aromatic nitrogens is 1. The minimum Gasteiger partial charge on any atom is -0.469 e. The highest BCUT2D eigenvalue weighted by atomic mass is 19.1. The van der Waals surface area contributed by atoms with Gasteiger partial charge in [0, 0.05) is 19.3 Å². The van der Waals surface area contributed by atoms with Gasteiger partial charge in [0.05, 0.1) is 24.8 Å². The van der Waals surface area contributed by atoms with Gasteiger partial charge in [-0.05, 0) is 12.0 Å². The molecule has 2 rings (SSSR count). The number of hydrogen-bond acceptors (Lipinski definition) is 4. The summed E-state index contributed by atoms with van der Waals surface area (Å²) in [6, 6.07) is 1.14. The van der Waals surface area contributed by atoms with Crippen molar-refractivity contribution >= 4 is 11.9 Å². The van der Waals surface area contributed by atoms with Crippen molar-refractivity contribution in [2.75, 3.05) is 20.2 Å². The smallest absolute Gasteiger partial charge is 0.310 e. The van der Waals surface area contributed by atoms with Crippen LogP contribution in [0.15, 0.2) is 18.5 Å². The minimum absolute atomic E-state index is 0.0259. The van der Waals surface area contributed by atoms with Crippen LogP contribution < -0.4 is 0 Å². The first kappa shape index (κ1) is 13.5. The molecule has 0 bridgehead atoms. The number of ether oxygens (including phenoxy) is 1. The third-order valence-corrected chi connectivity index (χ3v) is 3.36. The predicted molar refractivity (Wildman–Crippen MR) is 64.8 cm³/mol. The fourth-order valence-corrected chi connectivity index (χ4v) is 2.30. The summed E-state index contributed by atoms with van der Waals surface area (Å²) in [5.41, 5.74) is 0.192. The highest BCUT2D eigenvalue weighted by Crippen LogP contribution is 2.25. The van der Waals surface area contributed by atoms with E-state index in [0.29, 0.717) is 13.1 Å². The van der Waals surface area contributed by atoms with Gasteiger partial charge in [0.15, 0.2) is 0 Å². The van der Waals surface area contributed by atoms with Crippen molar-refractivity contribution in [1.82, 2.24) is 9.88 Å². The predicted octanol–water partition coefficient (Wildman–Crippen LogP) is 1.10. The van der Waals surface area contributed by atoms with Crippen LogP contribution in [0.1, 0.15) is 17.3 Å². The molecular formula is C13H15FN2O3. The number of halogens is 1. The Balaban J connectivity index is 2.12. The molecular weight excluding hydrogens is 251 g/mol. The number of esters is 1. The second-order valence-electron chi connectivity index (χ2n) is 4.71. The summed E-state index contributed by atoms with van der Waals surface area (Å²) in [5.74, 6) is -1.48. The van der Waals surface area contributed by atoms with Crippen LogP contribution >= 0.6 is 0 Å². The lowest BCUT2D eigenvalue weighted by atomic mass is 9.99. The summed E-state index contributed by atoms with van der Waals surface area (Å²) in [6.07, 6.45) is 2.36. The molecule has 1 aromatic rings. The van der Waals surface area contributed by atoms with E-state index in [4.69, 9.17) is 4.74 Å². The Morgan fingerprint density at radius 2 is 2.16 bits per heavy atom. The number of methoxy groups -OCH3 is 1. The molecule has 1 amide bonds. The van der Waals surface area contributed by atoms with Crippen molar-refractivity contribution in [3.05, 3.63) is 29.8 Å². The summed E-state index contributed by atoms with van der Waals surface area (Å²) >= 11 is 0. The average molecular weight is 266 g/mol. The maximum Gasteiger partial charge on any atom is 0.310 e. The lowest BCUT2D eigenvalue weighted by Crippen LogP contribution is -2.30. The summed E-state index contributed by atoms with van der Waals surface area (Å²) < 4.78 is 17.8. The highest BCUT2D eigenvalue weighted by Gasteiger charge is 2.37. The first-order valence-corrected chi connectivity index (χ1v) is 6.00. The van der Waals surface area contributed by atoms with Crippen LogP contribution in [0.3, 0.4) is 0 Å². The van der Waals surface area contributed by atoms with Gasteiger partial charge in [-0.2, -0.15) is 0 Å². The van der Waals surface area contributed by atoms with Crippen molar-refractivity contribution in [3.8, 4) is 0 Å². The molecule has 6 heteroatoms. The Bertz CT molecular complexity index is 506. The van der Waals surface area contributed by atoms with E-state index in [1.807, 2.05) is 6.92 Å². The van der Waals surface area contributed by atoms with E-state index in [9.17, 15) is 14.0 Å². The monoisotopic (exact) mass is 266 g/mol. The highest BCUT2D eigenvalue weighted by molar-refractivity contribution is 5.94. The molecule has 2 atom stereocenters. The second kappa shape index (κ2) is 5.34. The number of likely N-dealkylation sites (tertiary alicyclic amines) is 1. The summed E-state index contributed by atoms with van der Waals surface area (Å²) in [4.78, 5) is 28.9. The first-order chi connectivity index (χ1) is 9.02. The number of rotatable bonds is 2. The molecule has 0 spiro atoms. The summed E-state index contributed by atoms with van der Waals surface area (Å²) in [5, 5.41) is 0. The number of amides is 1. The van der Waals surface area contributed by atoms with Gasteiger partial charge in [0.25, 0.3) is 5.91 Å². The maximum absolute atomic E-state index is 13.0. The molecule has 0 aliphatic carbocycles. The SMILES string of the molecule is COC(=O)C1CN(C(=O)c2cncc(F)c2)CC1C. The molecule has 1 aliphatic heterocycles. The Hall–Kier alpha value is -1.98. The van der Waals surface area contributed by atoms with Gasteiger partial charge < -0.3 is 9.64 Å². The van der Waals surface area contributed by atoms with Crippen LogP contribution in [0.25, 0.3) is 0 Å². The Labute approximate surface area is 110 Å². The molecule has 19 heavy (non-hydrogen) atoms. The lowest BCUT2D eigenvalue weighted by Gasteiger charge is -2.15. The van der Waals surface area contributed by atoms with Gasteiger partial charge in [0.2, 0.25) is 0 Å². The quantitative estimate of drug-likeness (QED) is 0.752. The van der Waals surface area contributed by atoms with Crippen LogP contribution in [-0.4, -0.2) is 42.0 Å². The molecule has 0 saturated carbocycles. The van der Waals surface area contributed by atoms with Crippen molar-refractivity contribution in [3.63, 3.8) is 0 Å². The van der Waals surface area contributed by atoms with Crippen molar-refractivity contribution in [1.29, 1.82) is 0 Å². The zero-order valence-corrected chi connectivity index (χ0v) is 10.8. The van der Waals surface area contributed by atoms with E-state index in [0.717, 1.165) is 12.3 Å². The molecule has 5 nitrogen and oxygen atoms in total. The Kier molecular flexibility index (Phi) is 3.78. The molecule has 102 valence electrons. The third-order valence-electron chi connectivity index (χ3n) is 3.36. The standard InChI is InChI=1S/C13H15FN2O3/c1-8-6-16(7-11(8)13(18)19-2)12(17)9-3-10(14)5-15-4-9/h3-5,8,11H,6-7H2,1-2H3. The molecule has 0 N–H and O–H groups in total.